The summed E-state index contributed by atoms with van der Waals surface area (Å²) in [5, 5.41) is 0. The predicted octanol–water partition coefficient (Wildman–Crippen LogP) is 3.32. The van der Waals surface area contributed by atoms with Crippen LogP contribution in [0, 0.1) is 6.92 Å². The molecule has 1 fully saturated rings. The van der Waals surface area contributed by atoms with E-state index in [1.807, 2.05) is 54.3 Å². The third kappa shape index (κ3) is 4.45. The van der Waals surface area contributed by atoms with E-state index in [0.29, 0.717) is 24.6 Å². The van der Waals surface area contributed by atoms with E-state index in [4.69, 9.17) is 14.5 Å². The Bertz CT molecular complexity index is 1120. The van der Waals surface area contributed by atoms with Gasteiger partial charge in [-0.05, 0) is 42.8 Å². The fourth-order valence-corrected chi connectivity index (χ4v) is 3.75. The van der Waals surface area contributed by atoms with Crippen LogP contribution in [-0.2, 0) is 4.79 Å². The number of anilines is 1. The van der Waals surface area contributed by atoms with Gasteiger partial charge < -0.3 is 19.3 Å². The largest absolute Gasteiger partial charge is 0.493 e. The minimum atomic E-state index is -0.00393. The zero-order valence-corrected chi connectivity index (χ0v) is 18.0. The summed E-state index contributed by atoms with van der Waals surface area (Å²) in [4.78, 5) is 26.2. The maximum atomic E-state index is 12.7. The molecule has 0 N–H and O–H groups in total. The number of nitrogens with zero attached hydrogens (tertiary/aromatic N) is 4. The highest BCUT2D eigenvalue weighted by Gasteiger charge is 2.22. The van der Waals surface area contributed by atoms with Gasteiger partial charge in [-0.15, -0.1) is 0 Å². The molecule has 1 aliphatic heterocycles. The predicted molar refractivity (Wildman–Crippen MR) is 122 cm³/mol. The second kappa shape index (κ2) is 9.04. The highest BCUT2D eigenvalue weighted by Crippen LogP contribution is 2.28. The number of hydrogen-bond donors (Lipinski definition) is 0. The molecule has 0 unspecified atom stereocenters. The standard InChI is InChI=1S/C24H26N4O3/c1-17-24(26-20-7-5-4-6-19(20)25-17)28-14-12-27(13-15-28)23(29)11-9-18-8-10-21(30-2)22(16-18)31-3/h4-11,16H,12-15H2,1-3H3/b11-9+. The van der Waals surface area contributed by atoms with Crippen molar-refractivity contribution in [2.45, 2.75) is 6.92 Å². The van der Waals surface area contributed by atoms with Crippen molar-refractivity contribution in [2.75, 3.05) is 45.3 Å². The maximum absolute atomic E-state index is 12.7. The molecule has 7 heteroatoms. The summed E-state index contributed by atoms with van der Waals surface area (Å²) in [6.07, 6.45) is 3.41. The Labute approximate surface area is 181 Å². The summed E-state index contributed by atoms with van der Waals surface area (Å²) in [5.41, 5.74) is 3.58. The van der Waals surface area contributed by atoms with E-state index in [1.54, 1.807) is 26.4 Å². The minimum Gasteiger partial charge on any atom is -0.493 e. The van der Waals surface area contributed by atoms with E-state index in [9.17, 15) is 4.79 Å². The topological polar surface area (TPSA) is 67.8 Å². The SMILES string of the molecule is COc1ccc(/C=C/C(=O)N2CCN(c3nc4ccccc4nc3C)CC2)cc1OC. The van der Waals surface area contributed by atoms with Crippen LogP contribution >= 0.6 is 0 Å². The van der Waals surface area contributed by atoms with Crippen molar-refractivity contribution in [1.82, 2.24) is 14.9 Å². The molecule has 0 saturated carbocycles. The van der Waals surface area contributed by atoms with Gasteiger partial charge in [-0.2, -0.15) is 0 Å². The first-order valence-electron chi connectivity index (χ1n) is 10.3. The van der Waals surface area contributed by atoms with Crippen LogP contribution in [0.3, 0.4) is 0 Å². The zero-order valence-electron chi connectivity index (χ0n) is 18.0. The highest BCUT2D eigenvalue weighted by atomic mass is 16.5. The van der Waals surface area contributed by atoms with Crippen molar-refractivity contribution in [3.05, 3.63) is 59.8 Å². The lowest BCUT2D eigenvalue weighted by molar-refractivity contribution is -0.126. The number of carbonyl (C=O) groups is 1. The first kappa shape index (κ1) is 20.7. The van der Waals surface area contributed by atoms with Crippen LogP contribution in [0.1, 0.15) is 11.3 Å². The molecule has 1 aromatic heterocycles. The Morgan fingerprint density at radius 1 is 0.935 bits per heavy atom. The number of hydrogen-bond acceptors (Lipinski definition) is 6. The van der Waals surface area contributed by atoms with Crippen molar-refractivity contribution in [3.8, 4) is 11.5 Å². The van der Waals surface area contributed by atoms with Gasteiger partial charge in [0, 0.05) is 32.3 Å². The smallest absolute Gasteiger partial charge is 0.246 e. The van der Waals surface area contributed by atoms with Gasteiger partial charge in [-0.1, -0.05) is 18.2 Å². The normalized spacial score (nSPS) is 14.3. The average molecular weight is 418 g/mol. The molecule has 31 heavy (non-hydrogen) atoms. The van der Waals surface area contributed by atoms with Crippen LogP contribution in [0.4, 0.5) is 5.82 Å². The molecule has 0 atom stereocenters. The molecule has 2 heterocycles. The minimum absolute atomic E-state index is 0.00393. The number of carbonyl (C=O) groups excluding carboxylic acids is 1. The van der Waals surface area contributed by atoms with Gasteiger partial charge in [-0.3, -0.25) is 4.79 Å². The van der Waals surface area contributed by atoms with Crippen molar-refractivity contribution >= 4 is 28.8 Å². The van der Waals surface area contributed by atoms with E-state index < -0.39 is 0 Å². The summed E-state index contributed by atoms with van der Waals surface area (Å²) in [6, 6.07) is 13.5. The summed E-state index contributed by atoms with van der Waals surface area (Å²) in [6.45, 7) is 4.72. The van der Waals surface area contributed by atoms with Crippen LogP contribution in [0.2, 0.25) is 0 Å². The van der Waals surface area contributed by atoms with Crippen LogP contribution in [0.5, 0.6) is 11.5 Å². The number of benzene rings is 2. The van der Waals surface area contributed by atoms with Gasteiger partial charge in [0.2, 0.25) is 5.91 Å². The maximum Gasteiger partial charge on any atom is 0.246 e. The number of fused-ring (bicyclic) bond motifs is 1. The molecular formula is C24H26N4O3. The molecule has 7 nitrogen and oxygen atoms in total. The fourth-order valence-electron chi connectivity index (χ4n) is 3.75. The van der Waals surface area contributed by atoms with Crippen LogP contribution in [-0.4, -0.2) is 61.2 Å². The van der Waals surface area contributed by atoms with Gasteiger partial charge in [0.25, 0.3) is 0 Å². The average Bonchev–Trinajstić information content (AvgIpc) is 2.82. The Morgan fingerprint density at radius 2 is 1.61 bits per heavy atom. The lowest BCUT2D eigenvalue weighted by Gasteiger charge is -2.35. The lowest BCUT2D eigenvalue weighted by atomic mass is 10.2. The Kier molecular flexibility index (Phi) is 6.02. The van der Waals surface area contributed by atoms with Crippen molar-refractivity contribution in [3.63, 3.8) is 0 Å². The molecule has 2 aromatic carbocycles. The van der Waals surface area contributed by atoms with E-state index in [-0.39, 0.29) is 5.91 Å². The number of amides is 1. The van der Waals surface area contributed by atoms with Crippen LogP contribution < -0.4 is 14.4 Å². The highest BCUT2D eigenvalue weighted by molar-refractivity contribution is 5.92. The van der Waals surface area contributed by atoms with E-state index in [2.05, 4.69) is 9.88 Å². The number of piperazine rings is 1. The summed E-state index contributed by atoms with van der Waals surface area (Å²) in [7, 11) is 3.19. The molecule has 1 saturated heterocycles. The number of aromatic nitrogens is 2. The van der Waals surface area contributed by atoms with E-state index in [0.717, 1.165) is 41.2 Å². The summed E-state index contributed by atoms with van der Waals surface area (Å²) < 4.78 is 10.6. The third-order valence-electron chi connectivity index (χ3n) is 5.44. The van der Waals surface area contributed by atoms with Gasteiger partial charge in [0.05, 0.1) is 30.9 Å². The lowest BCUT2D eigenvalue weighted by Crippen LogP contribution is -2.48. The molecule has 4 rings (SSSR count). The van der Waals surface area contributed by atoms with Crippen molar-refractivity contribution < 1.29 is 14.3 Å². The number of methoxy groups -OCH3 is 2. The number of rotatable bonds is 5. The zero-order chi connectivity index (χ0) is 21.8. The second-order valence-corrected chi connectivity index (χ2v) is 7.38. The second-order valence-electron chi connectivity index (χ2n) is 7.38. The van der Waals surface area contributed by atoms with Gasteiger partial charge in [-0.25, -0.2) is 9.97 Å². The molecular weight excluding hydrogens is 392 g/mol. The first-order chi connectivity index (χ1) is 15.1. The Hall–Kier alpha value is -3.61. The Balaban J connectivity index is 1.40. The quantitative estimate of drug-likeness (QED) is 0.592. The molecule has 160 valence electrons. The van der Waals surface area contributed by atoms with Gasteiger partial charge in [0.15, 0.2) is 17.3 Å². The van der Waals surface area contributed by atoms with E-state index in [1.165, 1.54) is 0 Å². The summed E-state index contributed by atoms with van der Waals surface area (Å²) >= 11 is 0. The van der Waals surface area contributed by atoms with Gasteiger partial charge >= 0.3 is 0 Å². The molecule has 0 radical (unpaired) electrons. The molecule has 1 aliphatic rings. The first-order valence-corrected chi connectivity index (χ1v) is 10.3. The molecule has 1 amide bonds. The molecule has 0 bridgehead atoms. The van der Waals surface area contributed by atoms with E-state index >= 15 is 0 Å². The van der Waals surface area contributed by atoms with Crippen LogP contribution in [0.25, 0.3) is 17.1 Å². The monoisotopic (exact) mass is 418 g/mol. The molecule has 0 aliphatic carbocycles. The van der Waals surface area contributed by atoms with Gasteiger partial charge in [0.1, 0.15) is 0 Å². The summed E-state index contributed by atoms with van der Waals surface area (Å²) in [5.74, 6) is 2.19. The molecule has 3 aromatic rings. The number of ether oxygens (including phenoxy) is 2. The fraction of sp³-hybridized carbons (Fsp3) is 0.292. The number of aryl methyl sites for hydroxylation is 1. The van der Waals surface area contributed by atoms with Crippen LogP contribution in [0.15, 0.2) is 48.5 Å². The van der Waals surface area contributed by atoms with Crippen molar-refractivity contribution in [2.24, 2.45) is 0 Å². The number of para-hydroxylation sites is 2. The Morgan fingerprint density at radius 3 is 2.29 bits per heavy atom. The molecule has 0 spiro atoms. The van der Waals surface area contributed by atoms with Crippen molar-refractivity contribution in [1.29, 1.82) is 0 Å². The third-order valence-corrected chi connectivity index (χ3v) is 5.44.